The van der Waals surface area contributed by atoms with E-state index >= 15 is 0 Å². The van der Waals surface area contributed by atoms with Gasteiger partial charge in [-0.25, -0.2) is 4.79 Å². The Bertz CT molecular complexity index is 930. The van der Waals surface area contributed by atoms with Gasteiger partial charge in [0.15, 0.2) is 11.5 Å². The molecule has 0 spiro atoms. The Balaban J connectivity index is 1.48. The van der Waals surface area contributed by atoms with Crippen LogP contribution in [0.1, 0.15) is 78.7 Å². The maximum absolute atomic E-state index is 12.0. The standard InChI is InChI=1S/C29H42O5/c1-19(14-15-34-27(33)13-9-21-8-11-24(31)25(32)16-21)6-10-23-20(2)7-12-26-28(3,4)17-22(30)18-29(23,26)5/h7-9,11,13,16,19,22-23,26,30-32H,6,10,12,14-15,17-18H2,1-5H3. The quantitative estimate of drug-likeness (QED) is 0.181. The topological polar surface area (TPSA) is 87.0 Å². The minimum Gasteiger partial charge on any atom is -0.504 e. The highest BCUT2D eigenvalue weighted by atomic mass is 16.5. The van der Waals surface area contributed by atoms with Gasteiger partial charge in [0.1, 0.15) is 0 Å². The zero-order chi connectivity index (χ0) is 25.1. The van der Waals surface area contributed by atoms with Crippen molar-refractivity contribution in [1.29, 1.82) is 0 Å². The van der Waals surface area contributed by atoms with Crippen molar-refractivity contribution in [3.05, 3.63) is 41.5 Å². The lowest BCUT2D eigenvalue weighted by molar-refractivity contribution is -0.138. The summed E-state index contributed by atoms with van der Waals surface area (Å²) in [5, 5.41) is 29.5. The van der Waals surface area contributed by atoms with Crippen LogP contribution in [0.15, 0.2) is 35.9 Å². The minimum atomic E-state index is -0.417. The summed E-state index contributed by atoms with van der Waals surface area (Å²) in [5.41, 5.74) is 2.35. The molecule has 1 aromatic carbocycles. The van der Waals surface area contributed by atoms with Gasteiger partial charge >= 0.3 is 5.97 Å². The number of allylic oxidation sites excluding steroid dienone is 2. The predicted molar refractivity (Wildman–Crippen MR) is 135 cm³/mol. The van der Waals surface area contributed by atoms with Crippen LogP contribution < -0.4 is 0 Å². The van der Waals surface area contributed by atoms with Gasteiger partial charge in [0, 0.05) is 6.08 Å². The number of benzene rings is 1. The molecule has 0 aliphatic heterocycles. The fourth-order valence-corrected chi connectivity index (χ4v) is 6.67. The molecule has 5 heteroatoms. The van der Waals surface area contributed by atoms with E-state index in [1.54, 1.807) is 12.1 Å². The Kier molecular flexibility index (Phi) is 8.18. The Morgan fingerprint density at radius 2 is 1.91 bits per heavy atom. The van der Waals surface area contributed by atoms with Crippen molar-refractivity contribution in [2.45, 2.75) is 79.2 Å². The molecule has 0 saturated heterocycles. The van der Waals surface area contributed by atoms with Crippen LogP contribution in [0.4, 0.5) is 0 Å². The molecular formula is C29H42O5. The zero-order valence-corrected chi connectivity index (χ0v) is 21.4. The second-order valence-electron chi connectivity index (χ2n) is 11.6. The second kappa shape index (κ2) is 10.6. The van der Waals surface area contributed by atoms with Crippen molar-refractivity contribution >= 4 is 12.0 Å². The summed E-state index contributed by atoms with van der Waals surface area (Å²) >= 11 is 0. The van der Waals surface area contributed by atoms with Crippen molar-refractivity contribution < 1.29 is 24.9 Å². The van der Waals surface area contributed by atoms with E-state index < -0.39 is 5.97 Å². The molecule has 5 nitrogen and oxygen atoms in total. The monoisotopic (exact) mass is 470 g/mol. The lowest BCUT2D eigenvalue weighted by Gasteiger charge is -2.58. The highest BCUT2D eigenvalue weighted by Gasteiger charge is 2.53. The summed E-state index contributed by atoms with van der Waals surface area (Å²) in [4.78, 5) is 12.0. The van der Waals surface area contributed by atoms with Crippen LogP contribution in [0.5, 0.6) is 11.5 Å². The molecule has 0 bridgehead atoms. The summed E-state index contributed by atoms with van der Waals surface area (Å²) in [5.74, 6) is 0.675. The first-order valence-corrected chi connectivity index (χ1v) is 12.6. The van der Waals surface area contributed by atoms with Gasteiger partial charge in [0.2, 0.25) is 0 Å². The van der Waals surface area contributed by atoms with Gasteiger partial charge in [-0.3, -0.25) is 0 Å². The first kappa shape index (κ1) is 26.3. The van der Waals surface area contributed by atoms with E-state index in [9.17, 15) is 20.1 Å². The van der Waals surface area contributed by atoms with E-state index in [1.165, 1.54) is 23.8 Å². The maximum Gasteiger partial charge on any atom is 0.330 e. The van der Waals surface area contributed by atoms with Crippen LogP contribution >= 0.6 is 0 Å². The van der Waals surface area contributed by atoms with Crippen molar-refractivity contribution in [3.63, 3.8) is 0 Å². The molecule has 0 heterocycles. The molecule has 3 rings (SSSR count). The number of rotatable bonds is 8. The normalized spacial score (nSPS) is 29.4. The van der Waals surface area contributed by atoms with E-state index in [0.29, 0.717) is 29.9 Å². The summed E-state index contributed by atoms with van der Waals surface area (Å²) in [6.45, 7) is 11.9. The third kappa shape index (κ3) is 6.04. The van der Waals surface area contributed by atoms with Crippen molar-refractivity contribution in [2.75, 3.05) is 6.61 Å². The Morgan fingerprint density at radius 3 is 2.62 bits per heavy atom. The number of fused-ring (bicyclic) bond motifs is 1. The first-order chi connectivity index (χ1) is 15.9. The molecule has 0 aromatic heterocycles. The number of hydrogen-bond donors (Lipinski definition) is 3. The molecule has 5 unspecified atom stereocenters. The van der Waals surface area contributed by atoms with Crippen molar-refractivity contribution in [1.82, 2.24) is 0 Å². The van der Waals surface area contributed by atoms with Crippen LogP contribution in [-0.2, 0) is 9.53 Å². The number of carbonyl (C=O) groups is 1. The predicted octanol–water partition coefficient (Wildman–Crippen LogP) is 6.23. The molecule has 0 amide bonds. The lowest BCUT2D eigenvalue weighted by atomic mass is 9.47. The maximum atomic E-state index is 12.0. The number of phenolic OH excluding ortho intramolecular Hbond substituents is 2. The first-order valence-electron chi connectivity index (χ1n) is 12.6. The van der Waals surface area contributed by atoms with Crippen molar-refractivity contribution in [3.8, 4) is 11.5 Å². The SMILES string of the molecule is CC1=CCC2C(C)(C)CC(O)CC2(C)C1CCC(C)CCOC(=O)C=Cc1ccc(O)c(O)c1. The number of ether oxygens (including phenoxy) is 1. The Morgan fingerprint density at radius 1 is 1.18 bits per heavy atom. The molecule has 2 aliphatic rings. The molecule has 1 fully saturated rings. The van der Waals surface area contributed by atoms with Crippen LogP contribution in [0.2, 0.25) is 0 Å². The average molecular weight is 471 g/mol. The fourth-order valence-electron chi connectivity index (χ4n) is 6.67. The summed E-state index contributed by atoms with van der Waals surface area (Å²) in [6, 6.07) is 4.38. The molecule has 3 N–H and O–H groups in total. The third-order valence-corrected chi connectivity index (χ3v) is 8.41. The highest BCUT2D eigenvalue weighted by molar-refractivity contribution is 5.87. The number of aromatic hydroxyl groups is 2. The van der Waals surface area contributed by atoms with Gasteiger partial charge in [-0.05, 0) is 97.8 Å². The fraction of sp³-hybridized carbons (Fsp3) is 0.621. The van der Waals surface area contributed by atoms with Gasteiger partial charge in [0.25, 0.3) is 0 Å². The van der Waals surface area contributed by atoms with Gasteiger partial charge in [-0.2, -0.15) is 0 Å². The van der Waals surface area contributed by atoms with E-state index in [2.05, 4.69) is 40.7 Å². The number of phenols is 2. The van der Waals surface area contributed by atoms with Gasteiger partial charge in [-0.15, -0.1) is 0 Å². The van der Waals surface area contributed by atoms with Crippen LogP contribution in [0.25, 0.3) is 6.08 Å². The number of hydrogen-bond acceptors (Lipinski definition) is 5. The molecular weight excluding hydrogens is 428 g/mol. The van der Waals surface area contributed by atoms with E-state index in [0.717, 1.165) is 38.5 Å². The smallest absolute Gasteiger partial charge is 0.330 e. The second-order valence-corrected chi connectivity index (χ2v) is 11.6. The zero-order valence-electron chi connectivity index (χ0n) is 21.4. The van der Waals surface area contributed by atoms with E-state index in [1.807, 2.05) is 0 Å². The van der Waals surface area contributed by atoms with Crippen LogP contribution in [0.3, 0.4) is 0 Å². The summed E-state index contributed by atoms with van der Waals surface area (Å²) in [7, 11) is 0. The van der Waals surface area contributed by atoms with Crippen molar-refractivity contribution in [2.24, 2.45) is 28.6 Å². The van der Waals surface area contributed by atoms with Gasteiger partial charge < -0.3 is 20.1 Å². The number of carbonyl (C=O) groups excluding carboxylic acids is 1. The molecule has 1 aromatic rings. The Labute approximate surface area is 204 Å². The lowest BCUT2D eigenvalue weighted by Crippen LogP contribution is -2.52. The van der Waals surface area contributed by atoms with Crippen LogP contribution in [-0.4, -0.2) is 34.0 Å². The Hall–Kier alpha value is -2.27. The summed E-state index contributed by atoms with van der Waals surface area (Å²) in [6.07, 6.45) is 11.0. The average Bonchev–Trinajstić information content (AvgIpc) is 2.72. The van der Waals surface area contributed by atoms with E-state index in [-0.39, 0.29) is 28.4 Å². The number of aliphatic hydroxyl groups excluding tert-OH is 1. The highest BCUT2D eigenvalue weighted by Crippen LogP contribution is 2.60. The minimum absolute atomic E-state index is 0.125. The third-order valence-electron chi connectivity index (χ3n) is 8.41. The number of esters is 1. The summed E-state index contributed by atoms with van der Waals surface area (Å²) < 4.78 is 5.37. The largest absolute Gasteiger partial charge is 0.504 e. The molecule has 188 valence electrons. The molecule has 1 saturated carbocycles. The van der Waals surface area contributed by atoms with Gasteiger partial charge in [0.05, 0.1) is 12.7 Å². The molecule has 2 aliphatic carbocycles. The molecule has 34 heavy (non-hydrogen) atoms. The molecule has 5 atom stereocenters. The number of aliphatic hydroxyl groups is 1. The van der Waals surface area contributed by atoms with Gasteiger partial charge in [-0.1, -0.05) is 45.4 Å². The molecule has 0 radical (unpaired) electrons. The van der Waals surface area contributed by atoms with E-state index in [4.69, 9.17) is 4.74 Å². The van der Waals surface area contributed by atoms with Crippen LogP contribution in [0, 0.1) is 28.6 Å².